The number of aromatic nitrogens is 4. The Morgan fingerprint density at radius 3 is 2.45 bits per heavy atom. The molecule has 17 nitrogen and oxygen atoms in total. The Bertz CT molecular complexity index is 1080. The van der Waals surface area contributed by atoms with Gasteiger partial charge in [0.25, 0.3) is 0 Å². The van der Waals surface area contributed by atoms with Crippen LogP contribution in [0.25, 0.3) is 11.2 Å². The lowest BCUT2D eigenvalue weighted by molar-refractivity contribution is -0.0511. The van der Waals surface area contributed by atoms with Crippen LogP contribution in [0, 0.1) is 0 Å². The van der Waals surface area contributed by atoms with Gasteiger partial charge in [-0.25, -0.2) is 14.1 Å². The van der Waals surface area contributed by atoms with E-state index in [-0.39, 0.29) is 10.4 Å². The molecule has 1 fully saturated rings. The molecule has 5 atom stereocenters. The molecule has 0 bridgehead atoms. The van der Waals surface area contributed by atoms with Crippen molar-refractivity contribution in [3.8, 4) is 0 Å². The Labute approximate surface area is 159 Å². The number of hydrogen-bond donors (Lipinski definition) is 7. The third kappa shape index (κ3) is 4.19. The molecule has 2 aromatic heterocycles. The van der Waals surface area contributed by atoms with Crippen molar-refractivity contribution in [3.63, 3.8) is 0 Å². The number of aliphatic hydroxyl groups excluding tert-OH is 3. The van der Waals surface area contributed by atoms with Crippen molar-refractivity contribution in [1.82, 2.24) is 19.3 Å². The summed E-state index contributed by atoms with van der Waals surface area (Å²) in [7, 11) is -10.9. The molecule has 2 aromatic rings. The van der Waals surface area contributed by atoms with Gasteiger partial charge in [-0.15, -0.1) is 0 Å². The molecule has 29 heavy (non-hydrogen) atoms. The zero-order valence-corrected chi connectivity index (χ0v) is 15.8. The molecule has 0 amide bonds. The summed E-state index contributed by atoms with van der Waals surface area (Å²) < 4.78 is 36.4. The van der Waals surface area contributed by atoms with Crippen molar-refractivity contribution in [2.24, 2.45) is 0 Å². The SMILES string of the molecule is Nc1nc2c(ncn2[C@@H]2O[C@H](CO)[C@@H](O)[C@H]2O)c(=O)n1OP(=O)(O)OP(=O)(O)O. The van der Waals surface area contributed by atoms with Gasteiger partial charge in [0.1, 0.15) is 18.3 Å². The summed E-state index contributed by atoms with van der Waals surface area (Å²) in [4.78, 5) is 46.5. The number of aliphatic hydroxyl groups is 3. The van der Waals surface area contributed by atoms with Gasteiger partial charge in [-0.2, -0.15) is 9.29 Å². The van der Waals surface area contributed by atoms with Gasteiger partial charge in [0, 0.05) is 0 Å². The lowest BCUT2D eigenvalue weighted by atomic mass is 10.1. The number of anilines is 1. The third-order valence-corrected chi connectivity index (χ3v) is 5.81. The highest BCUT2D eigenvalue weighted by molar-refractivity contribution is 7.60. The molecule has 0 saturated carbocycles. The minimum Gasteiger partial charge on any atom is -0.394 e. The maximum atomic E-state index is 12.5. The average molecular weight is 459 g/mol. The fraction of sp³-hybridized carbons (Fsp3) is 0.500. The van der Waals surface area contributed by atoms with Crippen molar-refractivity contribution in [1.29, 1.82) is 0 Å². The van der Waals surface area contributed by atoms with Gasteiger partial charge in [-0.3, -0.25) is 14.3 Å². The van der Waals surface area contributed by atoms with E-state index < -0.39 is 63.8 Å². The zero-order chi connectivity index (χ0) is 21.7. The first-order chi connectivity index (χ1) is 13.3. The molecule has 1 aliphatic rings. The number of ether oxygens (including phenoxy) is 1. The summed E-state index contributed by atoms with van der Waals surface area (Å²) in [6.45, 7) is -0.608. The van der Waals surface area contributed by atoms with Gasteiger partial charge in [0.2, 0.25) is 5.95 Å². The van der Waals surface area contributed by atoms with E-state index in [1.807, 2.05) is 0 Å². The first kappa shape index (κ1) is 21.8. The van der Waals surface area contributed by atoms with Crippen molar-refractivity contribution >= 4 is 32.8 Å². The molecule has 19 heteroatoms. The molecule has 0 radical (unpaired) electrons. The predicted octanol–water partition coefficient (Wildman–Crippen LogP) is -3.57. The minimum absolute atomic E-state index is 0.0621. The van der Waals surface area contributed by atoms with E-state index in [0.29, 0.717) is 0 Å². The summed E-state index contributed by atoms with van der Waals surface area (Å²) in [5, 5.41) is 29.1. The molecule has 0 aromatic carbocycles. The van der Waals surface area contributed by atoms with E-state index >= 15 is 0 Å². The summed E-state index contributed by atoms with van der Waals surface area (Å²) in [5.41, 5.74) is 3.46. The van der Waals surface area contributed by atoms with Gasteiger partial charge in [0.05, 0.1) is 12.9 Å². The average Bonchev–Trinajstić information content (AvgIpc) is 3.11. The van der Waals surface area contributed by atoms with E-state index in [9.17, 15) is 29.0 Å². The second-order valence-corrected chi connectivity index (χ2v) is 8.48. The maximum absolute atomic E-state index is 12.5. The van der Waals surface area contributed by atoms with Crippen LogP contribution in [-0.4, -0.2) is 74.2 Å². The van der Waals surface area contributed by atoms with Crippen LogP contribution < -0.4 is 15.9 Å². The van der Waals surface area contributed by atoms with Crippen LogP contribution in [0.15, 0.2) is 11.1 Å². The quantitative estimate of drug-likeness (QED) is 0.206. The molecular weight excluding hydrogens is 444 g/mol. The summed E-state index contributed by atoms with van der Waals surface area (Å²) in [6.07, 6.45) is -4.43. The van der Waals surface area contributed by atoms with Gasteiger partial charge in [-0.05, 0) is 0 Å². The minimum atomic E-state index is -5.49. The lowest BCUT2D eigenvalue weighted by Gasteiger charge is -2.17. The number of nitrogens with two attached hydrogens (primary N) is 1. The molecule has 0 spiro atoms. The summed E-state index contributed by atoms with van der Waals surface area (Å²) in [5.74, 6) is -0.848. The number of nitrogen functional groups attached to an aromatic ring is 1. The molecular formula is C10H15N5O12P2. The second kappa shape index (κ2) is 7.41. The fourth-order valence-electron chi connectivity index (χ4n) is 2.60. The number of rotatable bonds is 6. The molecule has 0 aliphatic carbocycles. The normalized spacial score (nSPS) is 27.2. The Morgan fingerprint density at radius 2 is 1.90 bits per heavy atom. The largest absolute Gasteiger partial charge is 0.555 e. The number of fused-ring (bicyclic) bond motifs is 1. The Morgan fingerprint density at radius 1 is 1.24 bits per heavy atom. The Kier molecular flexibility index (Phi) is 5.57. The Hall–Kier alpha value is -1.91. The van der Waals surface area contributed by atoms with E-state index in [0.717, 1.165) is 10.9 Å². The van der Waals surface area contributed by atoms with Crippen LogP contribution in [-0.2, 0) is 18.2 Å². The van der Waals surface area contributed by atoms with Gasteiger partial charge in [-0.1, -0.05) is 4.73 Å². The van der Waals surface area contributed by atoms with Gasteiger partial charge in [0.15, 0.2) is 17.4 Å². The smallest absolute Gasteiger partial charge is 0.394 e. The topological polar surface area (TPSA) is 262 Å². The van der Waals surface area contributed by atoms with Crippen LogP contribution in [0.3, 0.4) is 0 Å². The highest BCUT2D eigenvalue weighted by Crippen LogP contribution is 2.55. The van der Waals surface area contributed by atoms with Crippen molar-refractivity contribution in [3.05, 3.63) is 16.7 Å². The summed E-state index contributed by atoms with van der Waals surface area (Å²) in [6, 6.07) is 0. The fourth-order valence-corrected chi connectivity index (χ4v) is 4.16. The van der Waals surface area contributed by atoms with Crippen molar-refractivity contribution in [2.75, 3.05) is 12.3 Å². The predicted molar refractivity (Wildman–Crippen MR) is 88.7 cm³/mol. The number of hydrogen-bond acceptors (Lipinski definition) is 12. The van der Waals surface area contributed by atoms with E-state index in [4.69, 9.17) is 25.4 Å². The third-order valence-electron chi connectivity index (χ3n) is 3.77. The summed E-state index contributed by atoms with van der Waals surface area (Å²) >= 11 is 0. The van der Waals surface area contributed by atoms with Crippen LogP contribution in [0.4, 0.5) is 5.95 Å². The highest BCUT2D eigenvalue weighted by atomic mass is 31.3. The molecule has 8 N–H and O–H groups in total. The Balaban J connectivity index is 2.02. The van der Waals surface area contributed by atoms with E-state index in [2.05, 4.69) is 18.9 Å². The number of imidazole rings is 1. The highest BCUT2D eigenvalue weighted by Gasteiger charge is 2.44. The standard InChI is InChI=1S/C10H15N5O12P2/c11-10-13-7-4(8(19)15(10)26-29(23,24)27-28(20,21)22)12-2-14(7)9-6(18)5(17)3(1-16)25-9/h2-3,5-6,9,16-18H,1H2,(H2,11,13)(H,23,24)(H2,20,21,22)/t3-,5-,6-,9-/m1/s1. The van der Waals surface area contributed by atoms with E-state index in [1.165, 1.54) is 0 Å². The number of phosphoric acid groups is 2. The number of nitrogens with zero attached hydrogens (tertiary/aromatic N) is 4. The first-order valence-corrected chi connectivity index (χ1v) is 10.5. The first-order valence-electron chi connectivity index (χ1n) is 7.52. The molecule has 3 heterocycles. The molecule has 1 saturated heterocycles. The molecule has 1 aliphatic heterocycles. The van der Waals surface area contributed by atoms with Crippen molar-refractivity contribution < 1.29 is 52.8 Å². The van der Waals surface area contributed by atoms with Gasteiger partial charge < -0.3 is 40.2 Å². The maximum Gasteiger partial charge on any atom is 0.555 e. The van der Waals surface area contributed by atoms with Gasteiger partial charge >= 0.3 is 21.2 Å². The van der Waals surface area contributed by atoms with E-state index in [1.54, 1.807) is 0 Å². The monoisotopic (exact) mass is 459 g/mol. The van der Waals surface area contributed by atoms with Crippen LogP contribution in [0.1, 0.15) is 6.23 Å². The molecule has 162 valence electrons. The van der Waals surface area contributed by atoms with Crippen molar-refractivity contribution in [2.45, 2.75) is 24.5 Å². The lowest BCUT2D eigenvalue weighted by Crippen LogP contribution is -2.33. The van der Waals surface area contributed by atoms with Crippen LogP contribution >= 0.6 is 15.6 Å². The van der Waals surface area contributed by atoms with Crippen LogP contribution in [0.2, 0.25) is 0 Å². The van der Waals surface area contributed by atoms with Crippen LogP contribution in [0.5, 0.6) is 0 Å². The second-order valence-electron chi connectivity index (χ2n) is 5.74. The molecule has 1 unspecified atom stereocenters. The zero-order valence-electron chi connectivity index (χ0n) is 14.0. The molecule has 3 rings (SSSR count).